The predicted octanol–water partition coefficient (Wildman–Crippen LogP) is 0.620. The van der Waals surface area contributed by atoms with Crippen LogP contribution in [0.5, 0.6) is 0 Å². The van der Waals surface area contributed by atoms with Crippen molar-refractivity contribution in [2.45, 2.75) is 20.3 Å². The second kappa shape index (κ2) is 9.78. The van der Waals surface area contributed by atoms with Crippen molar-refractivity contribution in [2.75, 3.05) is 32.1 Å². The van der Waals surface area contributed by atoms with Gasteiger partial charge in [0.25, 0.3) is 5.91 Å². The number of hydrogen-bond donors (Lipinski definition) is 3. The molecule has 0 saturated heterocycles. The summed E-state index contributed by atoms with van der Waals surface area (Å²) in [4.78, 5) is 38.3. The number of rotatable bonds is 9. The molecule has 2 amide bonds. The molecular weight excluding hydrogens is 320 g/mol. The van der Waals surface area contributed by atoms with Gasteiger partial charge in [-0.05, 0) is 12.3 Å². The highest BCUT2D eigenvalue weighted by atomic mass is 32.1. The Morgan fingerprint density at radius 3 is 2.70 bits per heavy atom. The molecule has 1 heterocycles. The molecule has 3 N–H and O–H groups in total. The number of nitrogens with zero attached hydrogens (tertiary/aromatic N) is 1. The number of nitrogens with one attached hydrogen (secondary N) is 3. The lowest BCUT2D eigenvalue weighted by Crippen LogP contribution is -2.37. The van der Waals surface area contributed by atoms with E-state index in [4.69, 9.17) is 4.74 Å². The van der Waals surface area contributed by atoms with E-state index in [0.29, 0.717) is 11.0 Å². The standard InChI is InChI=1S/C14H22N4O4S/c1-9(2)4-5-16-14-18-10(8-23-14)13(21)22-7-12(20)17-6-11(19)15-3/h8-9H,4-7H2,1-3H3,(H,15,19)(H,16,18)(H,17,20). The molecule has 0 unspecified atom stereocenters. The molecule has 0 atom stereocenters. The average molecular weight is 342 g/mol. The minimum atomic E-state index is -0.673. The van der Waals surface area contributed by atoms with Gasteiger partial charge >= 0.3 is 5.97 Å². The Morgan fingerprint density at radius 2 is 2.04 bits per heavy atom. The van der Waals surface area contributed by atoms with Gasteiger partial charge in [-0.15, -0.1) is 11.3 Å². The van der Waals surface area contributed by atoms with Gasteiger partial charge in [0.1, 0.15) is 0 Å². The minimum absolute atomic E-state index is 0.154. The van der Waals surface area contributed by atoms with Crippen LogP contribution in [0.15, 0.2) is 5.38 Å². The largest absolute Gasteiger partial charge is 0.451 e. The predicted molar refractivity (Wildman–Crippen MR) is 87.4 cm³/mol. The number of carbonyl (C=O) groups excluding carboxylic acids is 3. The summed E-state index contributed by atoms with van der Waals surface area (Å²) in [6.45, 7) is 4.42. The van der Waals surface area contributed by atoms with Crippen molar-refractivity contribution in [2.24, 2.45) is 5.92 Å². The molecule has 0 radical (unpaired) electrons. The molecule has 1 aromatic heterocycles. The SMILES string of the molecule is CNC(=O)CNC(=O)COC(=O)c1csc(NCCC(C)C)n1. The minimum Gasteiger partial charge on any atom is -0.451 e. The van der Waals surface area contributed by atoms with Crippen molar-refractivity contribution in [3.8, 4) is 0 Å². The van der Waals surface area contributed by atoms with Gasteiger partial charge in [0.05, 0.1) is 6.54 Å². The Bertz CT molecular complexity index is 545. The third kappa shape index (κ3) is 7.59. The van der Waals surface area contributed by atoms with Crippen molar-refractivity contribution >= 4 is 34.3 Å². The van der Waals surface area contributed by atoms with E-state index in [-0.39, 0.29) is 18.1 Å². The highest BCUT2D eigenvalue weighted by Gasteiger charge is 2.14. The zero-order chi connectivity index (χ0) is 17.2. The maximum atomic E-state index is 11.8. The van der Waals surface area contributed by atoms with Crippen molar-refractivity contribution in [3.63, 3.8) is 0 Å². The molecule has 9 heteroatoms. The van der Waals surface area contributed by atoms with Gasteiger partial charge < -0.3 is 20.7 Å². The van der Waals surface area contributed by atoms with Gasteiger partial charge in [0, 0.05) is 19.0 Å². The van der Waals surface area contributed by atoms with Gasteiger partial charge in [-0.2, -0.15) is 0 Å². The van der Waals surface area contributed by atoms with Crippen molar-refractivity contribution < 1.29 is 19.1 Å². The lowest BCUT2D eigenvalue weighted by Gasteiger charge is -2.05. The lowest BCUT2D eigenvalue weighted by molar-refractivity contribution is -0.127. The van der Waals surface area contributed by atoms with Crippen LogP contribution in [-0.4, -0.2) is 49.5 Å². The van der Waals surface area contributed by atoms with Crippen LogP contribution < -0.4 is 16.0 Å². The molecule has 128 valence electrons. The second-order valence-corrected chi connectivity index (χ2v) is 6.03. The van der Waals surface area contributed by atoms with Crippen LogP contribution in [0.25, 0.3) is 0 Å². The van der Waals surface area contributed by atoms with E-state index in [2.05, 4.69) is 34.8 Å². The van der Waals surface area contributed by atoms with Crippen LogP contribution in [0.3, 0.4) is 0 Å². The molecular formula is C14H22N4O4S. The summed E-state index contributed by atoms with van der Waals surface area (Å²) in [5.41, 5.74) is 0.154. The number of carbonyl (C=O) groups is 3. The highest BCUT2D eigenvalue weighted by molar-refractivity contribution is 7.13. The maximum Gasteiger partial charge on any atom is 0.358 e. The monoisotopic (exact) mass is 342 g/mol. The zero-order valence-electron chi connectivity index (χ0n) is 13.5. The van der Waals surface area contributed by atoms with E-state index >= 15 is 0 Å². The Kier molecular flexibility index (Phi) is 8.03. The van der Waals surface area contributed by atoms with Crippen molar-refractivity contribution in [3.05, 3.63) is 11.1 Å². The summed E-state index contributed by atoms with van der Waals surface area (Å²) in [5.74, 6) is -0.970. The number of aromatic nitrogens is 1. The van der Waals surface area contributed by atoms with Gasteiger partial charge in [0.2, 0.25) is 5.91 Å². The molecule has 0 aromatic carbocycles. The molecule has 8 nitrogen and oxygen atoms in total. The van der Waals surface area contributed by atoms with Crippen LogP contribution in [0.2, 0.25) is 0 Å². The van der Waals surface area contributed by atoms with Gasteiger partial charge in [-0.25, -0.2) is 9.78 Å². The van der Waals surface area contributed by atoms with Crippen LogP contribution >= 0.6 is 11.3 Å². The summed E-state index contributed by atoms with van der Waals surface area (Å²) >= 11 is 1.30. The lowest BCUT2D eigenvalue weighted by atomic mass is 10.1. The quantitative estimate of drug-likeness (QED) is 0.568. The van der Waals surface area contributed by atoms with E-state index in [0.717, 1.165) is 13.0 Å². The number of thiazole rings is 1. The summed E-state index contributed by atoms with van der Waals surface area (Å²) in [6.07, 6.45) is 1.00. The number of ether oxygens (including phenoxy) is 1. The Morgan fingerprint density at radius 1 is 1.30 bits per heavy atom. The van der Waals surface area contributed by atoms with E-state index < -0.39 is 18.5 Å². The Labute approximate surface area is 139 Å². The third-order valence-electron chi connectivity index (χ3n) is 2.77. The smallest absolute Gasteiger partial charge is 0.358 e. The van der Waals surface area contributed by atoms with E-state index in [1.165, 1.54) is 18.4 Å². The van der Waals surface area contributed by atoms with Gasteiger partial charge in [-0.1, -0.05) is 13.8 Å². The summed E-state index contributed by atoms with van der Waals surface area (Å²) in [5, 5.41) is 10.0. The van der Waals surface area contributed by atoms with E-state index in [1.54, 1.807) is 5.38 Å². The normalized spacial score (nSPS) is 10.3. The summed E-state index contributed by atoms with van der Waals surface area (Å²) in [6, 6.07) is 0. The first kappa shape index (κ1) is 18.9. The topological polar surface area (TPSA) is 109 Å². The molecule has 23 heavy (non-hydrogen) atoms. The van der Waals surface area contributed by atoms with Crippen LogP contribution in [0, 0.1) is 5.92 Å². The van der Waals surface area contributed by atoms with Crippen LogP contribution in [0.4, 0.5) is 5.13 Å². The van der Waals surface area contributed by atoms with Crippen LogP contribution in [-0.2, 0) is 14.3 Å². The van der Waals surface area contributed by atoms with Crippen LogP contribution in [0.1, 0.15) is 30.8 Å². The number of hydrogen-bond acceptors (Lipinski definition) is 7. The van der Waals surface area contributed by atoms with E-state index in [1.807, 2.05) is 0 Å². The fraction of sp³-hybridized carbons (Fsp3) is 0.571. The van der Waals surface area contributed by atoms with Crippen molar-refractivity contribution in [1.82, 2.24) is 15.6 Å². The number of amides is 2. The molecule has 0 bridgehead atoms. The Hall–Kier alpha value is -2.16. The maximum absolute atomic E-state index is 11.8. The first-order valence-corrected chi connectivity index (χ1v) is 8.14. The zero-order valence-corrected chi connectivity index (χ0v) is 14.3. The molecule has 0 saturated carbocycles. The first-order chi connectivity index (χ1) is 10.9. The number of anilines is 1. The number of likely N-dealkylation sites (N-methyl/N-ethyl adjacent to an activating group) is 1. The molecule has 0 fully saturated rings. The highest BCUT2D eigenvalue weighted by Crippen LogP contribution is 2.16. The Balaban J connectivity index is 2.33. The van der Waals surface area contributed by atoms with Crippen molar-refractivity contribution in [1.29, 1.82) is 0 Å². The molecule has 0 aliphatic heterocycles. The second-order valence-electron chi connectivity index (χ2n) is 5.17. The molecule has 1 aromatic rings. The molecule has 0 aliphatic carbocycles. The average Bonchev–Trinajstić information content (AvgIpc) is 2.98. The fourth-order valence-corrected chi connectivity index (χ4v) is 2.15. The third-order valence-corrected chi connectivity index (χ3v) is 3.57. The molecule has 0 spiro atoms. The number of esters is 1. The van der Waals surface area contributed by atoms with Gasteiger partial charge in [-0.3, -0.25) is 9.59 Å². The first-order valence-electron chi connectivity index (χ1n) is 7.26. The fourth-order valence-electron chi connectivity index (χ4n) is 1.44. The summed E-state index contributed by atoms with van der Waals surface area (Å²) in [7, 11) is 1.46. The molecule has 1 rings (SSSR count). The molecule has 0 aliphatic rings. The van der Waals surface area contributed by atoms with Gasteiger partial charge in [0.15, 0.2) is 17.4 Å². The van der Waals surface area contributed by atoms with E-state index in [9.17, 15) is 14.4 Å². The summed E-state index contributed by atoms with van der Waals surface area (Å²) < 4.78 is 4.85.